The summed E-state index contributed by atoms with van der Waals surface area (Å²) in [4.78, 5) is 27.4. The van der Waals surface area contributed by atoms with Crippen LogP contribution in [0.1, 0.15) is 33.1 Å². The molecule has 1 atom stereocenters. The Kier molecular flexibility index (Phi) is 4.52. The largest absolute Gasteiger partial charge is 0.389 e. The van der Waals surface area contributed by atoms with Crippen LogP contribution in [0.3, 0.4) is 0 Å². The zero-order valence-electron chi connectivity index (χ0n) is 12.4. The molecular weight excluding hydrogens is 258 g/mol. The van der Waals surface area contributed by atoms with Crippen molar-refractivity contribution in [2.75, 3.05) is 32.7 Å². The maximum absolute atomic E-state index is 12.2. The van der Waals surface area contributed by atoms with E-state index in [0.717, 1.165) is 12.8 Å². The molecule has 1 aliphatic carbocycles. The van der Waals surface area contributed by atoms with E-state index in [4.69, 9.17) is 0 Å². The Labute approximate surface area is 120 Å². The fraction of sp³-hybridized carbons (Fsp3) is 0.857. The normalized spacial score (nSPS) is 22.4. The van der Waals surface area contributed by atoms with Crippen LogP contribution in [0, 0.1) is 5.92 Å². The second kappa shape index (κ2) is 5.99. The summed E-state index contributed by atoms with van der Waals surface area (Å²) in [6.07, 6.45) is 2.23. The lowest BCUT2D eigenvalue weighted by atomic mass is 9.95. The number of nitrogens with zero attached hydrogens (tertiary/aromatic N) is 2. The fourth-order valence-corrected chi connectivity index (χ4v) is 2.69. The smallest absolute Gasteiger partial charge is 0.317 e. The second-order valence-corrected chi connectivity index (χ2v) is 6.01. The quantitative estimate of drug-likeness (QED) is 0.785. The van der Waals surface area contributed by atoms with Crippen molar-refractivity contribution in [1.82, 2.24) is 15.1 Å². The number of carbonyl (C=O) groups is 2. The topological polar surface area (TPSA) is 72.9 Å². The van der Waals surface area contributed by atoms with Crippen LogP contribution in [0.5, 0.6) is 0 Å². The molecule has 0 aromatic heterocycles. The summed E-state index contributed by atoms with van der Waals surface area (Å²) < 4.78 is 0. The molecular formula is C14H25N3O3. The van der Waals surface area contributed by atoms with Gasteiger partial charge in [-0.3, -0.25) is 4.79 Å². The van der Waals surface area contributed by atoms with E-state index >= 15 is 0 Å². The first-order chi connectivity index (χ1) is 9.44. The van der Waals surface area contributed by atoms with Crippen LogP contribution >= 0.6 is 0 Å². The zero-order chi connectivity index (χ0) is 14.8. The Hall–Kier alpha value is -1.30. The van der Waals surface area contributed by atoms with E-state index in [9.17, 15) is 14.7 Å². The van der Waals surface area contributed by atoms with Gasteiger partial charge in [0.25, 0.3) is 0 Å². The summed E-state index contributed by atoms with van der Waals surface area (Å²) in [5.41, 5.74) is -0.867. The molecule has 1 aliphatic heterocycles. The van der Waals surface area contributed by atoms with Crippen molar-refractivity contribution in [3.8, 4) is 0 Å². The predicted molar refractivity (Wildman–Crippen MR) is 75.2 cm³/mol. The van der Waals surface area contributed by atoms with E-state index in [1.165, 1.54) is 0 Å². The molecule has 1 saturated heterocycles. The van der Waals surface area contributed by atoms with Crippen molar-refractivity contribution < 1.29 is 14.7 Å². The molecule has 1 saturated carbocycles. The van der Waals surface area contributed by atoms with E-state index in [1.54, 1.807) is 16.7 Å². The van der Waals surface area contributed by atoms with Gasteiger partial charge in [-0.1, -0.05) is 0 Å². The number of nitrogens with one attached hydrogen (secondary N) is 1. The van der Waals surface area contributed by atoms with Crippen LogP contribution in [-0.2, 0) is 4.79 Å². The molecule has 20 heavy (non-hydrogen) atoms. The number of carbonyl (C=O) groups excluding carboxylic acids is 2. The highest BCUT2D eigenvalue weighted by Crippen LogP contribution is 2.41. The van der Waals surface area contributed by atoms with Gasteiger partial charge in [0.2, 0.25) is 5.91 Å². The van der Waals surface area contributed by atoms with Crippen molar-refractivity contribution in [3.63, 3.8) is 0 Å². The van der Waals surface area contributed by atoms with Gasteiger partial charge < -0.3 is 20.2 Å². The van der Waals surface area contributed by atoms with Crippen molar-refractivity contribution in [1.29, 1.82) is 0 Å². The Bertz CT molecular complexity index is 372. The van der Waals surface area contributed by atoms with Gasteiger partial charge in [0.05, 0.1) is 12.0 Å². The standard InChI is InChI=1S/C14H25N3O3/c1-3-15-13(19)17-8-6-16(7-9-17)12(18)10-14(2,20)11-4-5-11/h11,20H,3-10H2,1-2H3,(H,15,19). The average Bonchev–Trinajstić information content (AvgIpc) is 3.23. The van der Waals surface area contributed by atoms with E-state index in [-0.39, 0.29) is 24.3 Å². The molecule has 0 spiro atoms. The monoisotopic (exact) mass is 283 g/mol. The number of hydrogen-bond acceptors (Lipinski definition) is 3. The van der Waals surface area contributed by atoms with Crippen molar-refractivity contribution in [3.05, 3.63) is 0 Å². The van der Waals surface area contributed by atoms with E-state index in [1.807, 2.05) is 6.92 Å². The van der Waals surface area contributed by atoms with Gasteiger partial charge in [0, 0.05) is 32.7 Å². The van der Waals surface area contributed by atoms with Gasteiger partial charge >= 0.3 is 6.03 Å². The first kappa shape index (κ1) is 15.1. The zero-order valence-corrected chi connectivity index (χ0v) is 12.4. The van der Waals surface area contributed by atoms with Crippen LogP contribution in [0.25, 0.3) is 0 Å². The molecule has 2 aliphatic rings. The highest BCUT2D eigenvalue weighted by molar-refractivity contribution is 5.78. The van der Waals surface area contributed by atoms with Crippen LogP contribution in [0.4, 0.5) is 4.79 Å². The Morgan fingerprint density at radius 3 is 2.25 bits per heavy atom. The van der Waals surface area contributed by atoms with Gasteiger partial charge in [0.1, 0.15) is 0 Å². The second-order valence-electron chi connectivity index (χ2n) is 6.01. The van der Waals surface area contributed by atoms with E-state index < -0.39 is 5.60 Å². The van der Waals surface area contributed by atoms with Gasteiger partial charge in [-0.05, 0) is 32.6 Å². The third-order valence-electron chi connectivity index (χ3n) is 4.21. The molecule has 6 nitrogen and oxygen atoms in total. The highest BCUT2D eigenvalue weighted by atomic mass is 16.3. The molecule has 1 heterocycles. The summed E-state index contributed by atoms with van der Waals surface area (Å²) in [6.45, 7) is 6.48. The van der Waals surface area contributed by atoms with Gasteiger partial charge in [-0.15, -0.1) is 0 Å². The van der Waals surface area contributed by atoms with Crippen LogP contribution in [0.15, 0.2) is 0 Å². The number of urea groups is 1. The molecule has 0 bridgehead atoms. The summed E-state index contributed by atoms with van der Waals surface area (Å²) in [5, 5.41) is 13.0. The molecule has 6 heteroatoms. The minimum atomic E-state index is -0.867. The Balaban J connectivity index is 1.78. The SMILES string of the molecule is CCNC(=O)N1CCN(C(=O)CC(C)(O)C2CC2)CC1. The summed E-state index contributed by atoms with van der Waals surface area (Å²) in [5.74, 6) is 0.278. The molecule has 3 amide bonds. The lowest BCUT2D eigenvalue weighted by molar-refractivity contribution is -0.138. The molecule has 2 rings (SSSR count). The molecule has 0 radical (unpaired) electrons. The first-order valence-electron chi connectivity index (χ1n) is 7.47. The lowest BCUT2D eigenvalue weighted by Gasteiger charge is -2.36. The van der Waals surface area contributed by atoms with E-state index in [0.29, 0.717) is 32.7 Å². The van der Waals surface area contributed by atoms with Crippen LogP contribution in [0.2, 0.25) is 0 Å². The number of hydrogen-bond donors (Lipinski definition) is 2. The molecule has 2 fully saturated rings. The first-order valence-corrected chi connectivity index (χ1v) is 7.47. The number of rotatable bonds is 4. The molecule has 2 N–H and O–H groups in total. The number of piperazine rings is 1. The summed E-state index contributed by atoms with van der Waals surface area (Å²) in [6, 6.07) is -0.0652. The lowest BCUT2D eigenvalue weighted by Crippen LogP contribution is -2.54. The van der Waals surface area contributed by atoms with Gasteiger partial charge in [-0.2, -0.15) is 0 Å². The van der Waals surface area contributed by atoms with Crippen molar-refractivity contribution in [2.24, 2.45) is 5.92 Å². The number of amides is 3. The third kappa shape index (κ3) is 3.62. The molecule has 1 unspecified atom stereocenters. The third-order valence-corrected chi connectivity index (χ3v) is 4.21. The van der Waals surface area contributed by atoms with E-state index in [2.05, 4.69) is 5.32 Å². The highest BCUT2D eigenvalue weighted by Gasteiger charge is 2.42. The fourth-order valence-electron chi connectivity index (χ4n) is 2.69. The van der Waals surface area contributed by atoms with Crippen LogP contribution in [-0.4, -0.2) is 65.2 Å². The Morgan fingerprint density at radius 2 is 1.75 bits per heavy atom. The Morgan fingerprint density at radius 1 is 1.20 bits per heavy atom. The summed E-state index contributed by atoms with van der Waals surface area (Å²) in [7, 11) is 0. The van der Waals surface area contributed by atoms with Crippen LogP contribution < -0.4 is 5.32 Å². The molecule has 0 aromatic rings. The predicted octanol–water partition coefficient (Wildman–Crippen LogP) is 0.411. The summed E-state index contributed by atoms with van der Waals surface area (Å²) >= 11 is 0. The van der Waals surface area contributed by atoms with Gasteiger partial charge in [-0.25, -0.2) is 4.79 Å². The minimum absolute atomic E-state index is 0.00236. The van der Waals surface area contributed by atoms with Gasteiger partial charge in [0.15, 0.2) is 0 Å². The minimum Gasteiger partial charge on any atom is -0.389 e. The molecule has 0 aromatic carbocycles. The maximum Gasteiger partial charge on any atom is 0.317 e. The van der Waals surface area contributed by atoms with Crippen molar-refractivity contribution in [2.45, 2.75) is 38.7 Å². The number of aliphatic hydroxyl groups is 1. The average molecular weight is 283 g/mol. The van der Waals surface area contributed by atoms with Crippen molar-refractivity contribution >= 4 is 11.9 Å². The maximum atomic E-state index is 12.2. The molecule has 114 valence electrons.